The molecule has 5 nitrogen and oxygen atoms in total. The van der Waals surface area contributed by atoms with E-state index >= 15 is 0 Å². The molecule has 0 radical (unpaired) electrons. The molecule has 0 spiro atoms. The summed E-state index contributed by atoms with van der Waals surface area (Å²) in [6.07, 6.45) is 0. The molecule has 0 aliphatic rings. The lowest BCUT2D eigenvalue weighted by molar-refractivity contribution is 0.351. The molecule has 24 heavy (non-hydrogen) atoms. The predicted octanol–water partition coefficient (Wildman–Crippen LogP) is 3.56. The average molecular weight is 461 g/mol. The van der Waals surface area contributed by atoms with Crippen molar-refractivity contribution in [3.63, 3.8) is 0 Å². The Labute approximate surface area is 164 Å². The molecule has 0 atom stereocenters. The number of para-hydroxylation sites is 1. The van der Waals surface area contributed by atoms with Gasteiger partial charge in [0.25, 0.3) is 0 Å². The molecule has 0 saturated carbocycles. The number of thiophene rings is 1. The van der Waals surface area contributed by atoms with Crippen molar-refractivity contribution >= 4 is 41.3 Å². The summed E-state index contributed by atoms with van der Waals surface area (Å²) in [5.74, 6) is 2.22. The molecule has 0 aliphatic carbocycles. The molecular weight excluding hydrogens is 437 g/mol. The monoisotopic (exact) mass is 461 g/mol. The van der Waals surface area contributed by atoms with Crippen molar-refractivity contribution in [1.29, 1.82) is 0 Å². The summed E-state index contributed by atoms with van der Waals surface area (Å²) in [6.45, 7) is 3.48. The first-order chi connectivity index (χ1) is 11.2. The number of aliphatic imine (C=N–C) groups is 1. The Hall–Kier alpha value is -1.48. The van der Waals surface area contributed by atoms with Gasteiger partial charge in [-0.1, -0.05) is 12.1 Å². The summed E-state index contributed by atoms with van der Waals surface area (Å²) < 4.78 is 10.8. The van der Waals surface area contributed by atoms with Crippen molar-refractivity contribution in [3.8, 4) is 11.5 Å². The highest BCUT2D eigenvalue weighted by atomic mass is 127. The van der Waals surface area contributed by atoms with Gasteiger partial charge in [-0.3, -0.25) is 4.99 Å². The number of benzene rings is 1. The Bertz CT molecular complexity index is 674. The molecule has 1 heterocycles. The second kappa shape index (κ2) is 10.4. The Kier molecular flexibility index (Phi) is 8.91. The minimum absolute atomic E-state index is 0. The van der Waals surface area contributed by atoms with Crippen LogP contribution in [0.2, 0.25) is 0 Å². The number of rotatable bonds is 6. The van der Waals surface area contributed by atoms with Crippen LogP contribution in [0.3, 0.4) is 0 Å². The van der Waals surface area contributed by atoms with Gasteiger partial charge in [0.1, 0.15) is 0 Å². The van der Waals surface area contributed by atoms with E-state index in [0.717, 1.165) is 29.6 Å². The molecule has 2 aromatic rings. The number of hydrogen-bond donors (Lipinski definition) is 2. The maximum atomic E-state index is 5.44. The van der Waals surface area contributed by atoms with Crippen LogP contribution >= 0.6 is 35.3 Å². The fourth-order valence-corrected chi connectivity index (χ4v) is 3.09. The minimum atomic E-state index is 0. The number of hydrogen-bond acceptors (Lipinski definition) is 4. The van der Waals surface area contributed by atoms with Crippen LogP contribution in [0.4, 0.5) is 0 Å². The van der Waals surface area contributed by atoms with Crippen LogP contribution in [0, 0.1) is 6.92 Å². The summed E-state index contributed by atoms with van der Waals surface area (Å²) in [4.78, 5) is 5.57. The van der Waals surface area contributed by atoms with Crippen molar-refractivity contribution < 1.29 is 9.47 Å². The Morgan fingerprint density at radius 2 is 1.88 bits per heavy atom. The number of methoxy groups -OCH3 is 2. The SMILES string of the molecule is CN=C(NCc1cccc(OC)c1OC)NCc1sccc1C.I. The molecular formula is C17H24IN3O2S. The molecule has 132 valence electrons. The topological polar surface area (TPSA) is 54.9 Å². The van der Waals surface area contributed by atoms with E-state index in [1.165, 1.54) is 10.4 Å². The maximum Gasteiger partial charge on any atom is 0.191 e. The van der Waals surface area contributed by atoms with Crippen molar-refractivity contribution in [2.45, 2.75) is 20.0 Å². The van der Waals surface area contributed by atoms with Crippen LogP contribution in [0.1, 0.15) is 16.0 Å². The summed E-state index contributed by atoms with van der Waals surface area (Å²) >= 11 is 1.75. The van der Waals surface area contributed by atoms with E-state index in [9.17, 15) is 0 Å². The molecule has 1 aromatic heterocycles. The van der Waals surface area contributed by atoms with Crippen LogP contribution in [0.15, 0.2) is 34.6 Å². The third kappa shape index (κ3) is 5.27. The van der Waals surface area contributed by atoms with Crippen molar-refractivity contribution in [1.82, 2.24) is 10.6 Å². The highest BCUT2D eigenvalue weighted by molar-refractivity contribution is 14.0. The van der Waals surface area contributed by atoms with Gasteiger partial charge in [-0.05, 0) is 30.0 Å². The summed E-state index contributed by atoms with van der Waals surface area (Å²) in [6, 6.07) is 7.96. The van der Waals surface area contributed by atoms with E-state index in [2.05, 4.69) is 34.0 Å². The van der Waals surface area contributed by atoms with Gasteiger partial charge < -0.3 is 20.1 Å². The van der Waals surface area contributed by atoms with Crippen molar-refractivity contribution in [2.24, 2.45) is 4.99 Å². The second-order valence-corrected chi connectivity index (χ2v) is 5.96. The van der Waals surface area contributed by atoms with E-state index in [4.69, 9.17) is 9.47 Å². The first-order valence-electron chi connectivity index (χ1n) is 7.37. The predicted molar refractivity (Wildman–Crippen MR) is 111 cm³/mol. The smallest absolute Gasteiger partial charge is 0.191 e. The lowest BCUT2D eigenvalue weighted by atomic mass is 10.2. The number of halogens is 1. The molecule has 1 aromatic carbocycles. The zero-order valence-electron chi connectivity index (χ0n) is 14.4. The second-order valence-electron chi connectivity index (χ2n) is 4.96. The fourth-order valence-electron chi connectivity index (χ4n) is 2.24. The molecule has 0 bridgehead atoms. The highest BCUT2D eigenvalue weighted by Gasteiger charge is 2.10. The summed E-state index contributed by atoms with van der Waals surface area (Å²) in [7, 11) is 5.05. The van der Waals surface area contributed by atoms with Crippen LogP contribution in [0.5, 0.6) is 11.5 Å². The Morgan fingerprint density at radius 1 is 1.12 bits per heavy atom. The molecule has 0 unspecified atom stereocenters. The van der Waals surface area contributed by atoms with Gasteiger partial charge in [0.2, 0.25) is 0 Å². The Morgan fingerprint density at radius 3 is 2.46 bits per heavy atom. The first kappa shape index (κ1) is 20.6. The third-order valence-electron chi connectivity index (χ3n) is 3.54. The number of ether oxygens (including phenoxy) is 2. The van der Waals surface area contributed by atoms with E-state index in [1.807, 2.05) is 18.2 Å². The zero-order chi connectivity index (χ0) is 16.7. The van der Waals surface area contributed by atoms with Gasteiger partial charge >= 0.3 is 0 Å². The maximum absolute atomic E-state index is 5.44. The highest BCUT2D eigenvalue weighted by Crippen LogP contribution is 2.30. The normalized spacial score (nSPS) is 10.8. The lowest BCUT2D eigenvalue weighted by Crippen LogP contribution is -2.36. The molecule has 0 fully saturated rings. The van der Waals surface area contributed by atoms with Gasteiger partial charge in [0, 0.05) is 24.0 Å². The van der Waals surface area contributed by atoms with E-state index in [0.29, 0.717) is 6.54 Å². The van der Waals surface area contributed by atoms with Crippen LogP contribution in [-0.2, 0) is 13.1 Å². The number of aryl methyl sites for hydroxylation is 1. The van der Waals surface area contributed by atoms with Crippen molar-refractivity contribution in [2.75, 3.05) is 21.3 Å². The summed E-state index contributed by atoms with van der Waals surface area (Å²) in [5.41, 5.74) is 2.31. The van der Waals surface area contributed by atoms with Crippen LogP contribution < -0.4 is 20.1 Å². The molecule has 2 rings (SSSR count). The van der Waals surface area contributed by atoms with Gasteiger partial charge in [-0.25, -0.2) is 0 Å². The summed E-state index contributed by atoms with van der Waals surface area (Å²) in [5, 5.41) is 8.73. The van der Waals surface area contributed by atoms with Gasteiger partial charge in [-0.15, -0.1) is 35.3 Å². The molecule has 2 N–H and O–H groups in total. The lowest BCUT2D eigenvalue weighted by Gasteiger charge is -2.15. The molecule has 0 aliphatic heterocycles. The molecule has 0 amide bonds. The number of nitrogens with one attached hydrogen (secondary N) is 2. The first-order valence-corrected chi connectivity index (χ1v) is 8.25. The number of guanidine groups is 1. The van der Waals surface area contributed by atoms with Gasteiger partial charge in [0.15, 0.2) is 17.5 Å². The average Bonchev–Trinajstić information content (AvgIpc) is 2.99. The van der Waals surface area contributed by atoms with E-state index in [-0.39, 0.29) is 24.0 Å². The minimum Gasteiger partial charge on any atom is -0.493 e. The van der Waals surface area contributed by atoms with Crippen molar-refractivity contribution in [3.05, 3.63) is 45.6 Å². The molecule has 7 heteroatoms. The molecule has 0 saturated heterocycles. The standard InChI is InChI=1S/C17H23N3O2S.HI/c1-12-8-9-23-15(12)11-20-17(18-2)19-10-13-6-5-7-14(21-3)16(13)22-4;/h5-9H,10-11H2,1-4H3,(H2,18,19,20);1H. The Balaban J connectivity index is 0.00000288. The van der Waals surface area contributed by atoms with Crippen LogP contribution in [0.25, 0.3) is 0 Å². The zero-order valence-corrected chi connectivity index (χ0v) is 17.5. The largest absolute Gasteiger partial charge is 0.493 e. The van der Waals surface area contributed by atoms with Crippen LogP contribution in [-0.4, -0.2) is 27.2 Å². The number of nitrogens with zero attached hydrogens (tertiary/aromatic N) is 1. The van der Waals surface area contributed by atoms with E-state index < -0.39 is 0 Å². The van der Waals surface area contributed by atoms with Gasteiger partial charge in [-0.2, -0.15) is 0 Å². The van der Waals surface area contributed by atoms with E-state index in [1.54, 1.807) is 32.6 Å². The fraction of sp³-hybridized carbons (Fsp3) is 0.353. The van der Waals surface area contributed by atoms with Gasteiger partial charge in [0.05, 0.1) is 20.8 Å². The quantitative estimate of drug-likeness (QED) is 0.393. The third-order valence-corrected chi connectivity index (χ3v) is 4.56.